The summed E-state index contributed by atoms with van der Waals surface area (Å²) in [6.45, 7) is 1.76. The van der Waals surface area contributed by atoms with Crippen LogP contribution in [0.1, 0.15) is 24.0 Å². The Morgan fingerprint density at radius 3 is 2.56 bits per heavy atom. The Hall–Kier alpha value is -2.40. The van der Waals surface area contributed by atoms with Gasteiger partial charge in [-0.05, 0) is 43.7 Å². The maximum atomic E-state index is 12.9. The lowest BCUT2D eigenvalue weighted by Gasteiger charge is -2.26. The first kappa shape index (κ1) is 17.4. The lowest BCUT2D eigenvalue weighted by molar-refractivity contribution is -0.133. The predicted molar refractivity (Wildman–Crippen MR) is 97.1 cm³/mol. The first-order valence-electron chi connectivity index (χ1n) is 8.66. The maximum Gasteiger partial charge on any atom is 0.237 e. The number of ether oxygens (including phenoxy) is 1. The molecule has 0 aliphatic heterocycles. The highest BCUT2D eigenvalue weighted by atomic mass is 16.5. The number of hydrogen-bond acceptors (Lipinski definition) is 4. The fourth-order valence-electron chi connectivity index (χ4n) is 3.00. The molecule has 2 aromatic rings. The second-order valence-corrected chi connectivity index (χ2v) is 6.59. The number of para-hydroxylation sites is 1. The zero-order valence-corrected chi connectivity index (χ0v) is 14.9. The van der Waals surface area contributed by atoms with Gasteiger partial charge in [0.15, 0.2) is 0 Å². The number of amides is 1. The average Bonchev–Trinajstić information content (AvgIpc) is 3.45. The molecule has 0 unspecified atom stereocenters. The van der Waals surface area contributed by atoms with E-state index in [2.05, 4.69) is 9.88 Å². The summed E-state index contributed by atoms with van der Waals surface area (Å²) in [5, 5.41) is 0. The van der Waals surface area contributed by atoms with E-state index in [9.17, 15) is 4.79 Å². The number of methoxy groups -OCH3 is 1. The molecule has 132 valence electrons. The molecule has 1 aromatic heterocycles. The Bertz CT molecular complexity index is 701. The Labute approximate surface area is 149 Å². The van der Waals surface area contributed by atoms with Crippen molar-refractivity contribution in [2.24, 2.45) is 0 Å². The van der Waals surface area contributed by atoms with E-state index >= 15 is 0 Å². The summed E-state index contributed by atoms with van der Waals surface area (Å²) < 4.78 is 5.43. The molecular formula is C20H25N3O2. The second kappa shape index (κ2) is 8.12. The van der Waals surface area contributed by atoms with Crippen LogP contribution in [-0.4, -0.2) is 47.4 Å². The van der Waals surface area contributed by atoms with Crippen molar-refractivity contribution in [1.29, 1.82) is 0 Å². The molecule has 0 bridgehead atoms. The van der Waals surface area contributed by atoms with Gasteiger partial charge in [0.2, 0.25) is 5.91 Å². The van der Waals surface area contributed by atoms with Gasteiger partial charge in [-0.1, -0.05) is 18.2 Å². The van der Waals surface area contributed by atoms with Gasteiger partial charge in [-0.2, -0.15) is 0 Å². The Kier molecular flexibility index (Phi) is 5.66. The Morgan fingerprint density at radius 2 is 1.88 bits per heavy atom. The van der Waals surface area contributed by atoms with E-state index in [4.69, 9.17) is 4.74 Å². The summed E-state index contributed by atoms with van der Waals surface area (Å²) in [6.07, 6.45) is 5.75. The lowest BCUT2D eigenvalue weighted by atomic mass is 10.2. The van der Waals surface area contributed by atoms with E-state index < -0.39 is 0 Å². The normalized spacial score (nSPS) is 13.7. The van der Waals surface area contributed by atoms with Gasteiger partial charge in [-0.15, -0.1) is 0 Å². The SMILES string of the molecule is COc1ccccc1CN(C(=O)CN(C)Cc1ccncc1)C1CC1. The topological polar surface area (TPSA) is 45.7 Å². The molecule has 0 spiro atoms. The van der Waals surface area contributed by atoms with E-state index in [0.29, 0.717) is 19.1 Å². The van der Waals surface area contributed by atoms with Crippen LogP contribution in [0, 0.1) is 0 Å². The molecule has 0 N–H and O–H groups in total. The van der Waals surface area contributed by atoms with Crippen LogP contribution in [0.4, 0.5) is 0 Å². The van der Waals surface area contributed by atoms with E-state index in [1.807, 2.05) is 48.3 Å². The fraction of sp³-hybridized carbons (Fsp3) is 0.400. The van der Waals surface area contributed by atoms with Gasteiger partial charge in [0.1, 0.15) is 5.75 Å². The third kappa shape index (κ3) is 4.79. The van der Waals surface area contributed by atoms with E-state index in [0.717, 1.165) is 36.3 Å². The molecule has 5 nitrogen and oxygen atoms in total. The van der Waals surface area contributed by atoms with Crippen LogP contribution in [0.3, 0.4) is 0 Å². The molecular weight excluding hydrogens is 314 g/mol. The van der Waals surface area contributed by atoms with Gasteiger partial charge < -0.3 is 9.64 Å². The third-order valence-corrected chi connectivity index (χ3v) is 4.45. The van der Waals surface area contributed by atoms with E-state index in [1.165, 1.54) is 0 Å². The summed E-state index contributed by atoms with van der Waals surface area (Å²) in [7, 11) is 3.65. The van der Waals surface area contributed by atoms with Crippen molar-refractivity contribution in [3.63, 3.8) is 0 Å². The number of nitrogens with zero attached hydrogens (tertiary/aromatic N) is 3. The van der Waals surface area contributed by atoms with Crippen molar-refractivity contribution in [2.45, 2.75) is 32.0 Å². The van der Waals surface area contributed by atoms with Crippen molar-refractivity contribution in [3.8, 4) is 5.75 Å². The molecule has 3 rings (SSSR count). The summed E-state index contributed by atoms with van der Waals surface area (Å²) in [5.74, 6) is 1.01. The van der Waals surface area contributed by atoms with Crippen LogP contribution in [0.25, 0.3) is 0 Å². The van der Waals surface area contributed by atoms with Crippen molar-refractivity contribution >= 4 is 5.91 Å². The van der Waals surface area contributed by atoms with Crippen molar-refractivity contribution in [1.82, 2.24) is 14.8 Å². The van der Waals surface area contributed by atoms with E-state index in [-0.39, 0.29) is 5.91 Å². The van der Waals surface area contributed by atoms with Gasteiger partial charge in [0, 0.05) is 37.1 Å². The monoisotopic (exact) mass is 339 g/mol. The molecule has 1 amide bonds. The minimum atomic E-state index is 0.171. The number of benzene rings is 1. The third-order valence-electron chi connectivity index (χ3n) is 4.45. The zero-order valence-electron chi connectivity index (χ0n) is 14.9. The number of carbonyl (C=O) groups excluding carboxylic acids is 1. The van der Waals surface area contributed by atoms with E-state index in [1.54, 1.807) is 19.5 Å². The largest absolute Gasteiger partial charge is 0.496 e. The van der Waals surface area contributed by atoms with Crippen molar-refractivity contribution in [3.05, 3.63) is 59.9 Å². The van der Waals surface area contributed by atoms with Gasteiger partial charge in [0.25, 0.3) is 0 Å². The van der Waals surface area contributed by atoms with Crippen LogP contribution < -0.4 is 4.74 Å². The van der Waals surface area contributed by atoms with Crippen molar-refractivity contribution in [2.75, 3.05) is 20.7 Å². The number of likely N-dealkylation sites (N-methyl/N-ethyl adjacent to an activating group) is 1. The molecule has 1 aromatic carbocycles. The standard InChI is InChI=1S/C20H25N3O2/c1-22(13-16-9-11-21-12-10-16)15-20(24)23(18-7-8-18)14-17-5-3-4-6-19(17)25-2/h3-6,9-12,18H,7-8,13-15H2,1-2H3. The molecule has 1 fully saturated rings. The second-order valence-electron chi connectivity index (χ2n) is 6.59. The Morgan fingerprint density at radius 1 is 1.16 bits per heavy atom. The Balaban J connectivity index is 1.63. The summed E-state index contributed by atoms with van der Waals surface area (Å²) in [6, 6.07) is 12.2. The molecule has 0 saturated heterocycles. The van der Waals surface area contributed by atoms with Gasteiger partial charge in [0.05, 0.1) is 13.7 Å². The maximum absolute atomic E-state index is 12.9. The smallest absolute Gasteiger partial charge is 0.237 e. The van der Waals surface area contributed by atoms with Gasteiger partial charge >= 0.3 is 0 Å². The average molecular weight is 339 g/mol. The molecule has 1 aliphatic carbocycles. The van der Waals surface area contributed by atoms with Crippen LogP contribution in [0.15, 0.2) is 48.8 Å². The summed E-state index contributed by atoms with van der Waals surface area (Å²) in [5.41, 5.74) is 2.22. The number of aromatic nitrogens is 1. The lowest BCUT2D eigenvalue weighted by Crippen LogP contribution is -2.39. The highest BCUT2D eigenvalue weighted by molar-refractivity contribution is 5.79. The number of hydrogen-bond donors (Lipinski definition) is 0. The highest BCUT2D eigenvalue weighted by Gasteiger charge is 2.33. The predicted octanol–water partition coefficient (Wildman–Crippen LogP) is 2.71. The summed E-state index contributed by atoms with van der Waals surface area (Å²) >= 11 is 0. The molecule has 1 aliphatic rings. The van der Waals surface area contributed by atoms with Crippen LogP contribution in [-0.2, 0) is 17.9 Å². The molecule has 1 saturated carbocycles. The quantitative estimate of drug-likeness (QED) is 0.742. The number of pyridine rings is 1. The molecule has 0 atom stereocenters. The fourth-order valence-corrected chi connectivity index (χ4v) is 3.00. The highest BCUT2D eigenvalue weighted by Crippen LogP contribution is 2.30. The van der Waals surface area contributed by atoms with Crippen LogP contribution in [0.2, 0.25) is 0 Å². The molecule has 1 heterocycles. The number of carbonyl (C=O) groups is 1. The van der Waals surface area contributed by atoms with Crippen LogP contribution >= 0.6 is 0 Å². The summed E-state index contributed by atoms with van der Waals surface area (Å²) in [4.78, 5) is 20.9. The van der Waals surface area contributed by atoms with Crippen LogP contribution in [0.5, 0.6) is 5.75 Å². The molecule has 5 heteroatoms. The minimum Gasteiger partial charge on any atom is -0.496 e. The number of rotatable bonds is 8. The van der Waals surface area contributed by atoms with Crippen molar-refractivity contribution < 1.29 is 9.53 Å². The first-order chi connectivity index (χ1) is 12.2. The van der Waals surface area contributed by atoms with Gasteiger partial charge in [-0.3, -0.25) is 14.7 Å². The zero-order chi connectivity index (χ0) is 17.6. The molecule has 0 radical (unpaired) electrons. The van der Waals surface area contributed by atoms with Gasteiger partial charge in [-0.25, -0.2) is 0 Å². The minimum absolute atomic E-state index is 0.171. The first-order valence-corrected chi connectivity index (χ1v) is 8.66. The molecule has 25 heavy (non-hydrogen) atoms.